The molecule has 0 spiro atoms. The van der Waals surface area contributed by atoms with Gasteiger partial charge in [-0.1, -0.05) is 0 Å². The molecule has 3 N–H and O–H groups in total. The van der Waals surface area contributed by atoms with Crippen molar-refractivity contribution in [2.45, 2.75) is 17.6 Å². The van der Waals surface area contributed by atoms with Crippen LogP contribution in [0.25, 0.3) is 0 Å². The Kier molecular flexibility index (Phi) is 2.97. The normalized spacial score (nSPS) is 18.2. The van der Waals surface area contributed by atoms with Gasteiger partial charge in [-0.2, -0.15) is 11.8 Å². The predicted octanol–water partition coefficient (Wildman–Crippen LogP) is 1.62. The van der Waals surface area contributed by atoms with Gasteiger partial charge in [-0.3, -0.25) is 4.79 Å². The molecule has 19 heavy (non-hydrogen) atoms. The molecule has 3 rings (SSSR count). The summed E-state index contributed by atoms with van der Waals surface area (Å²) in [5.41, 5.74) is 6.74. The minimum atomic E-state index is -0.156. The smallest absolute Gasteiger partial charge is 0.253 e. The number of amides is 1. The number of ether oxygens (including phenoxy) is 2. The van der Waals surface area contributed by atoms with Crippen LogP contribution in [0.1, 0.15) is 23.2 Å². The molecule has 1 fully saturated rings. The van der Waals surface area contributed by atoms with Gasteiger partial charge in [0.15, 0.2) is 11.5 Å². The van der Waals surface area contributed by atoms with E-state index >= 15 is 0 Å². The number of nitrogen functional groups attached to an aromatic ring is 1. The minimum Gasteiger partial charge on any atom is -0.454 e. The summed E-state index contributed by atoms with van der Waals surface area (Å²) in [6.45, 7) is 0.857. The molecule has 1 aliphatic carbocycles. The van der Waals surface area contributed by atoms with Crippen molar-refractivity contribution in [2.24, 2.45) is 0 Å². The molecule has 0 bridgehead atoms. The van der Waals surface area contributed by atoms with E-state index in [1.807, 2.05) is 11.8 Å². The Balaban J connectivity index is 1.73. The summed E-state index contributed by atoms with van der Waals surface area (Å²) in [6.07, 6.45) is 4.39. The molecule has 0 atom stereocenters. The molecule has 1 aromatic carbocycles. The molecular formula is C13H16N2O3S. The number of anilines is 1. The first-order valence-corrected chi connectivity index (χ1v) is 7.38. The second-order valence-corrected chi connectivity index (χ2v) is 6.14. The van der Waals surface area contributed by atoms with Gasteiger partial charge >= 0.3 is 0 Å². The lowest BCUT2D eigenvalue weighted by atomic mass is 10.1. The average molecular weight is 280 g/mol. The highest BCUT2D eigenvalue weighted by Crippen LogP contribution is 2.46. The summed E-state index contributed by atoms with van der Waals surface area (Å²) in [7, 11) is 0. The van der Waals surface area contributed by atoms with Gasteiger partial charge in [0.1, 0.15) is 0 Å². The highest BCUT2D eigenvalue weighted by Gasteiger charge is 2.42. The number of carbonyl (C=O) groups is 1. The van der Waals surface area contributed by atoms with Gasteiger partial charge in [-0.15, -0.1) is 0 Å². The number of hydrogen-bond acceptors (Lipinski definition) is 5. The van der Waals surface area contributed by atoms with Gasteiger partial charge in [0.2, 0.25) is 6.79 Å². The number of nitrogens with one attached hydrogen (secondary N) is 1. The summed E-state index contributed by atoms with van der Waals surface area (Å²) in [5, 5.41) is 2.95. The maximum absolute atomic E-state index is 12.2. The Morgan fingerprint density at radius 2 is 2.11 bits per heavy atom. The highest BCUT2D eigenvalue weighted by molar-refractivity contribution is 8.00. The molecule has 6 heteroatoms. The van der Waals surface area contributed by atoms with Crippen LogP contribution >= 0.6 is 11.8 Å². The minimum absolute atomic E-state index is 0.156. The Bertz CT molecular complexity index is 529. The van der Waals surface area contributed by atoms with Crippen LogP contribution in [0.15, 0.2) is 12.1 Å². The van der Waals surface area contributed by atoms with E-state index in [2.05, 4.69) is 11.6 Å². The summed E-state index contributed by atoms with van der Waals surface area (Å²) >= 11 is 1.81. The first kappa shape index (κ1) is 12.5. The van der Waals surface area contributed by atoms with E-state index in [-0.39, 0.29) is 17.4 Å². The van der Waals surface area contributed by atoms with Crippen molar-refractivity contribution in [3.8, 4) is 11.5 Å². The zero-order valence-electron chi connectivity index (χ0n) is 10.7. The Labute approximate surface area is 115 Å². The van der Waals surface area contributed by atoms with E-state index in [1.54, 1.807) is 12.1 Å². The zero-order valence-corrected chi connectivity index (χ0v) is 11.5. The molecule has 0 unspecified atom stereocenters. The summed E-state index contributed by atoms with van der Waals surface area (Å²) in [4.78, 5) is 12.2. The Morgan fingerprint density at radius 3 is 2.74 bits per heavy atom. The first-order valence-electron chi connectivity index (χ1n) is 6.16. The van der Waals surface area contributed by atoms with E-state index in [1.165, 1.54) is 0 Å². The van der Waals surface area contributed by atoms with Crippen LogP contribution in [0.4, 0.5) is 5.69 Å². The SMILES string of the molecule is CSC1(CNC(=O)c2cc3c(cc2N)OCO3)CC1. The molecule has 0 radical (unpaired) electrons. The molecule has 0 saturated heterocycles. The van der Waals surface area contributed by atoms with Gasteiger partial charge in [0, 0.05) is 23.0 Å². The van der Waals surface area contributed by atoms with E-state index in [9.17, 15) is 4.79 Å². The lowest BCUT2D eigenvalue weighted by molar-refractivity contribution is 0.0953. The number of nitrogens with two attached hydrogens (primary N) is 1. The van der Waals surface area contributed by atoms with Crippen LogP contribution in [0.3, 0.4) is 0 Å². The molecule has 1 aromatic rings. The third-order valence-electron chi connectivity index (χ3n) is 3.60. The molecule has 5 nitrogen and oxygen atoms in total. The molecule has 2 aliphatic rings. The van der Waals surface area contributed by atoms with Crippen molar-refractivity contribution in [3.63, 3.8) is 0 Å². The van der Waals surface area contributed by atoms with E-state index in [0.717, 1.165) is 12.8 Å². The topological polar surface area (TPSA) is 73.6 Å². The number of rotatable bonds is 4. The van der Waals surface area contributed by atoms with Crippen LogP contribution in [-0.4, -0.2) is 30.2 Å². The predicted molar refractivity (Wildman–Crippen MR) is 74.8 cm³/mol. The molecular weight excluding hydrogens is 264 g/mol. The maximum Gasteiger partial charge on any atom is 0.253 e. The number of hydrogen-bond donors (Lipinski definition) is 2. The van der Waals surface area contributed by atoms with Crippen LogP contribution in [-0.2, 0) is 0 Å². The van der Waals surface area contributed by atoms with Gasteiger partial charge in [-0.05, 0) is 25.2 Å². The van der Waals surface area contributed by atoms with Crippen LogP contribution < -0.4 is 20.5 Å². The second kappa shape index (κ2) is 4.52. The lowest BCUT2D eigenvalue weighted by Gasteiger charge is -2.14. The first-order chi connectivity index (χ1) is 9.13. The van der Waals surface area contributed by atoms with Crippen molar-refractivity contribution in [2.75, 3.05) is 25.3 Å². The average Bonchev–Trinajstić information content (AvgIpc) is 3.06. The third kappa shape index (κ3) is 2.32. The van der Waals surface area contributed by atoms with Gasteiger partial charge < -0.3 is 20.5 Å². The van der Waals surface area contributed by atoms with Crippen molar-refractivity contribution in [1.82, 2.24) is 5.32 Å². The summed E-state index contributed by atoms with van der Waals surface area (Å²) in [6, 6.07) is 3.28. The van der Waals surface area contributed by atoms with Crippen LogP contribution in [0.2, 0.25) is 0 Å². The standard InChI is InChI=1S/C13H16N2O3S/c1-19-13(2-3-13)6-15-12(16)8-4-10-11(5-9(8)14)18-7-17-10/h4-5H,2-3,6-7,14H2,1H3,(H,15,16). The maximum atomic E-state index is 12.2. The van der Waals surface area contributed by atoms with Crippen molar-refractivity contribution in [3.05, 3.63) is 17.7 Å². The van der Waals surface area contributed by atoms with E-state index < -0.39 is 0 Å². The Hall–Kier alpha value is -1.56. The third-order valence-corrected chi connectivity index (χ3v) is 5.02. The van der Waals surface area contributed by atoms with Gasteiger partial charge in [-0.25, -0.2) is 0 Å². The molecule has 1 aliphatic heterocycles. The quantitative estimate of drug-likeness (QED) is 0.820. The molecule has 102 valence electrons. The zero-order chi connectivity index (χ0) is 13.5. The van der Waals surface area contributed by atoms with Gasteiger partial charge in [0.05, 0.1) is 5.56 Å². The van der Waals surface area contributed by atoms with Crippen molar-refractivity contribution >= 4 is 23.4 Å². The monoisotopic (exact) mass is 280 g/mol. The number of carbonyl (C=O) groups excluding carboxylic acids is 1. The number of benzene rings is 1. The van der Waals surface area contributed by atoms with Gasteiger partial charge in [0.25, 0.3) is 5.91 Å². The number of fused-ring (bicyclic) bond motifs is 1. The van der Waals surface area contributed by atoms with Crippen molar-refractivity contribution in [1.29, 1.82) is 0 Å². The van der Waals surface area contributed by atoms with Crippen LogP contribution in [0.5, 0.6) is 11.5 Å². The molecule has 1 amide bonds. The lowest BCUT2D eigenvalue weighted by Crippen LogP contribution is -2.32. The molecule has 1 heterocycles. The second-order valence-electron chi connectivity index (χ2n) is 4.86. The fourth-order valence-corrected chi connectivity index (χ4v) is 2.81. The summed E-state index contributed by atoms with van der Waals surface area (Å²) < 4.78 is 10.7. The highest BCUT2D eigenvalue weighted by atomic mass is 32.2. The molecule has 1 saturated carbocycles. The largest absolute Gasteiger partial charge is 0.454 e. The fraction of sp³-hybridized carbons (Fsp3) is 0.462. The Morgan fingerprint density at radius 1 is 1.42 bits per heavy atom. The van der Waals surface area contributed by atoms with Crippen LogP contribution in [0, 0.1) is 0 Å². The van der Waals surface area contributed by atoms with E-state index in [4.69, 9.17) is 15.2 Å². The fourth-order valence-electron chi connectivity index (χ4n) is 2.08. The number of thioether (sulfide) groups is 1. The molecule has 0 aromatic heterocycles. The van der Waals surface area contributed by atoms with E-state index in [0.29, 0.717) is 29.3 Å². The summed E-state index contributed by atoms with van der Waals surface area (Å²) in [5.74, 6) is 1.01. The van der Waals surface area contributed by atoms with Crippen molar-refractivity contribution < 1.29 is 14.3 Å².